The molecule has 1 fully saturated rings. The van der Waals surface area contributed by atoms with E-state index < -0.39 is 0 Å². The number of benzene rings is 1. The van der Waals surface area contributed by atoms with Crippen molar-refractivity contribution in [2.24, 2.45) is 11.1 Å². The van der Waals surface area contributed by atoms with Crippen molar-refractivity contribution in [3.8, 4) is 0 Å². The minimum absolute atomic E-state index is 0.105. The summed E-state index contributed by atoms with van der Waals surface area (Å²) >= 11 is 11.8. The number of nitrogens with zero attached hydrogens (tertiary/aromatic N) is 1. The van der Waals surface area contributed by atoms with E-state index in [9.17, 15) is 4.79 Å². The maximum atomic E-state index is 11.0. The molecule has 134 valence electrons. The van der Waals surface area contributed by atoms with E-state index in [4.69, 9.17) is 28.0 Å². The molecule has 2 rings (SSSR count). The molecule has 0 aromatic heterocycles. The summed E-state index contributed by atoms with van der Waals surface area (Å²) < 4.78 is 0. The Morgan fingerprint density at radius 2 is 1.92 bits per heavy atom. The molecule has 0 saturated carbocycles. The van der Waals surface area contributed by atoms with Crippen LogP contribution >= 0.6 is 23.2 Å². The van der Waals surface area contributed by atoms with Crippen LogP contribution in [0, 0.1) is 5.92 Å². The van der Waals surface area contributed by atoms with Crippen LogP contribution in [0.3, 0.4) is 0 Å². The number of hydrogen-bond acceptors (Lipinski definition) is 4. The van der Waals surface area contributed by atoms with Gasteiger partial charge in [-0.15, -0.1) is 0 Å². The topological polar surface area (TPSA) is 50.7 Å². The standard InChI is InChI=1S/C12H13Cl2NO2.C6H13N/c1-8(16)3-6-12(15-17-2)9-4-5-10(13)11(14)7-9;1-6-2-4-7-5-3-6/h4-5,7H,3,6H2,1-2H3;6-7H,2-5H2,1H3/b15-12+;. The molecule has 0 atom stereocenters. The van der Waals surface area contributed by atoms with Crippen molar-refractivity contribution in [2.75, 3.05) is 20.2 Å². The summed E-state index contributed by atoms with van der Waals surface area (Å²) in [6, 6.07) is 5.20. The van der Waals surface area contributed by atoms with Crippen molar-refractivity contribution < 1.29 is 9.63 Å². The maximum Gasteiger partial charge on any atom is 0.130 e. The summed E-state index contributed by atoms with van der Waals surface area (Å²) in [4.78, 5) is 15.7. The zero-order valence-electron chi connectivity index (χ0n) is 14.6. The monoisotopic (exact) mass is 372 g/mol. The Morgan fingerprint density at radius 1 is 1.25 bits per heavy atom. The molecule has 0 unspecified atom stereocenters. The first-order valence-electron chi connectivity index (χ1n) is 8.19. The molecule has 1 aromatic rings. The Morgan fingerprint density at radius 3 is 2.38 bits per heavy atom. The highest BCUT2D eigenvalue weighted by molar-refractivity contribution is 6.42. The third kappa shape index (κ3) is 8.13. The molecule has 1 aromatic carbocycles. The van der Waals surface area contributed by atoms with Gasteiger partial charge in [-0.25, -0.2) is 0 Å². The zero-order valence-corrected chi connectivity index (χ0v) is 16.1. The lowest BCUT2D eigenvalue weighted by atomic mass is 10.0. The van der Waals surface area contributed by atoms with Crippen LogP contribution in [0.5, 0.6) is 0 Å². The lowest BCUT2D eigenvalue weighted by molar-refractivity contribution is -0.116. The average Bonchev–Trinajstić information content (AvgIpc) is 2.55. The number of carbonyl (C=O) groups is 1. The number of nitrogens with one attached hydrogen (secondary N) is 1. The van der Waals surface area contributed by atoms with E-state index in [0.29, 0.717) is 28.6 Å². The van der Waals surface area contributed by atoms with Gasteiger partial charge in [-0.1, -0.05) is 41.3 Å². The second kappa shape index (κ2) is 11.5. The Kier molecular flexibility index (Phi) is 9.99. The fourth-order valence-electron chi connectivity index (χ4n) is 2.29. The number of ketones is 1. The summed E-state index contributed by atoms with van der Waals surface area (Å²) in [5.74, 6) is 1.08. The first-order chi connectivity index (χ1) is 11.4. The van der Waals surface area contributed by atoms with Crippen molar-refractivity contribution >= 4 is 34.7 Å². The number of piperidine rings is 1. The van der Waals surface area contributed by atoms with Gasteiger partial charge in [0.05, 0.1) is 15.8 Å². The number of halogens is 2. The van der Waals surface area contributed by atoms with E-state index in [2.05, 4.69) is 17.4 Å². The van der Waals surface area contributed by atoms with E-state index in [1.165, 1.54) is 33.0 Å². The van der Waals surface area contributed by atoms with Crippen LogP contribution in [0.2, 0.25) is 10.0 Å². The third-order valence-corrected chi connectivity index (χ3v) is 4.54. The second-order valence-corrected chi connectivity index (χ2v) is 6.80. The van der Waals surface area contributed by atoms with Crippen LogP contribution in [-0.4, -0.2) is 31.7 Å². The van der Waals surface area contributed by atoms with Gasteiger partial charge in [0.15, 0.2) is 0 Å². The molecule has 0 bridgehead atoms. The van der Waals surface area contributed by atoms with Crippen molar-refractivity contribution in [1.29, 1.82) is 0 Å². The van der Waals surface area contributed by atoms with Crippen molar-refractivity contribution in [3.63, 3.8) is 0 Å². The van der Waals surface area contributed by atoms with Crippen LogP contribution in [0.25, 0.3) is 0 Å². The van der Waals surface area contributed by atoms with E-state index in [0.717, 1.165) is 11.5 Å². The molecule has 1 aliphatic rings. The Hall–Kier alpha value is -1.10. The van der Waals surface area contributed by atoms with Gasteiger partial charge in [0.2, 0.25) is 0 Å². The van der Waals surface area contributed by atoms with Gasteiger partial charge < -0.3 is 14.9 Å². The van der Waals surface area contributed by atoms with Crippen molar-refractivity contribution in [1.82, 2.24) is 5.32 Å². The average molecular weight is 373 g/mol. The molecular weight excluding hydrogens is 347 g/mol. The Labute approximate surface area is 154 Å². The van der Waals surface area contributed by atoms with Crippen LogP contribution in [0.4, 0.5) is 0 Å². The number of oxime groups is 1. The number of hydrogen-bond donors (Lipinski definition) is 1. The first kappa shape index (κ1) is 20.9. The van der Waals surface area contributed by atoms with Gasteiger partial charge in [0, 0.05) is 18.4 Å². The fourth-order valence-corrected chi connectivity index (χ4v) is 2.59. The molecule has 1 aliphatic heterocycles. The lowest BCUT2D eigenvalue weighted by Crippen LogP contribution is -2.26. The maximum absolute atomic E-state index is 11.0. The highest BCUT2D eigenvalue weighted by Crippen LogP contribution is 2.23. The molecule has 1 N–H and O–H groups in total. The van der Waals surface area contributed by atoms with E-state index in [1.807, 2.05) is 0 Å². The van der Waals surface area contributed by atoms with Gasteiger partial charge >= 0.3 is 0 Å². The summed E-state index contributed by atoms with van der Waals surface area (Å²) in [7, 11) is 1.46. The molecule has 6 heteroatoms. The summed E-state index contributed by atoms with van der Waals surface area (Å²) in [6.45, 7) is 6.34. The largest absolute Gasteiger partial charge is 0.399 e. The molecule has 24 heavy (non-hydrogen) atoms. The molecule has 0 amide bonds. The highest BCUT2D eigenvalue weighted by Gasteiger charge is 2.08. The first-order valence-corrected chi connectivity index (χ1v) is 8.95. The normalized spacial score (nSPS) is 15.5. The molecule has 1 saturated heterocycles. The highest BCUT2D eigenvalue weighted by atomic mass is 35.5. The number of rotatable bonds is 5. The quantitative estimate of drug-likeness (QED) is 0.600. The molecule has 4 nitrogen and oxygen atoms in total. The van der Waals surface area contributed by atoms with Gasteiger partial charge in [-0.05, 0) is 50.9 Å². The summed E-state index contributed by atoms with van der Waals surface area (Å²) in [5.41, 5.74) is 1.49. The molecule has 1 heterocycles. The van der Waals surface area contributed by atoms with E-state index in [1.54, 1.807) is 25.1 Å². The third-order valence-electron chi connectivity index (χ3n) is 3.80. The van der Waals surface area contributed by atoms with Gasteiger partial charge in [0.1, 0.15) is 12.9 Å². The molecule has 0 spiro atoms. The van der Waals surface area contributed by atoms with E-state index in [-0.39, 0.29) is 5.78 Å². The Bertz CT molecular complexity index is 556. The minimum Gasteiger partial charge on any atom is -0.399 e. The summed E-state index contributed by atoms with van der Waals surface area (Å²) in [6.07, 6.45) is 3.68. The van der Waals surface area contributed by atoms with Crippen LogP contribution in [0.1, 0.15) is 45.1 Å². The summed E-state index contributed by atoms with van der Waals surface area (Å²) in [5, 5.41) is 8.15. The molecule has 0 radical (unpaired) electrons. The van der Waals surface area contributed by atoms with Crippen LogP contribution < -0.4 is 5.32 Å². The Balaban J connectivity index is 0.000000341. The minimum atomic E-state index is 0.105. The molecular formula is C18H26Cl2N2O2. The lowest BCUT2D eigenvalue weighted by Gasteiger charge is -2.17. The SMILES string of the molecule is CC1CCNCC1.CO/N=C(\CCC(C)=O)c1ccc(Cl)c(Cl)c1. The van der Waals surface area contributed by atoms with Crippen molar-refractivity contribution in [2.45, 2.75) is 39.5 Å². The van der Waals surface area contributed by atoms with Crippen molar-refractivity contribution in [3.05, 3.63) is 33.8 Å². The van der Waals surface area contributed by atoms with Gasteiger partial charge in [0.25, 0.3) is 0 Å². The van der Waals surface area contributed by atoms with Gasteiger partial charge in [-0.3, -0.25) is 0 Å². The van der Waals surface area contributed by atoms with Crippen LogP contribution in [0.15, 0.2) is 23.4 Å². The van der Waals surface area contributed by atoms with E-state index >= 15 is 0 Å². The predicted molar refractivity (Wildman–Crippen MR) is 101 cm³/mol. The fraction of sp³-hybridized carbons (Fsp3) is 0.556. The predicted octanol–water partition coefficient (Wildman–Crippen LogP) is 4.72. The van der Waals surface area contributed by atoms with Gasteiger partial charge in [-0.2, -0.15) is 0 Å². The second-order valence-electron chi connectivity index (χ2n) is 5.98. The molecule has 0 aliphatic carbocycles. The zero-order chi connectivity index (χ0) is 17.9. The van der Waals surface area contributed by atoms with Crippen LogP contribution in [-0.2, 0) is 9.63 Å². The smallest absolute Gasteiger partial charge is 0.130 e. The number of carbonyl (C=O) groups excluding carboxylic acids is 1. The number of Topliss-reactive ketones (excluding diaryl/α,β-unsaturated/α-hetero) is 1.